The maximum Gasteiger partial charge on any atom is 0.249 e. The molecule has 0 spiro atoms. The quantitative estimate of drug-likeness (QED) is 0.541. The van der Waals surface area contributed by atoms with Gasteiger partial charge in [0.2, 0.25) is 11.8 Å². The van der Waals surface area contributed by atoms with Gasteiger partial charge in [0.15, 0.2) is 0 Å². The van der Waals surface area contributed by atoms with Gasteiger partial charge in [-0.1, -0.05) is 53.5 Å². The molecule has 3 aromatic rings. The summed E-state index contributed by atoms with van der Waals surface area (Å²) >= 11 is 12.6. The summed E-state index contributed by atoms with van der Waals surface area (Å²) in [5.74, 6) is -0.448. The van der Waals surface area contributed by atoms with Crippen LogP contribution in [-0.2, 0) is 16.0 Å². The Morgan fingerprint density at radius 3 is 2.50 bits per heavy atom. The molecule has 2 unspecified atom stereocenters. The third-order valence-corrected chi connectivity index (χ3v) is 6.50. The largest absolute Gasteiger partial charge is 0.325 e. The van der Waals surface area contributed by atoms with E-state index in [4.69, 9.17) is 28.2 Å². The molecule has 2 aliphatic rings. The zero-order valence-electron chi connectivity index (χ0n) is 17.2. The number of carbonyl (C=O) groups is 2. The zero-order chi connectivity index (χ0) is 22.4. The van der Waals surface area contributed by atoms with Crippen LogP contribution >= 0.6 is 23.2 Å². The van der Waals surface area contributed by atoms with E-state index in [0.717, 1.165) is 27.9 Å². The lowest BCUT2D eigenvalue weighted by Crippen LogP contribution is -2.27. The number of fused-ring (bicyclic) bond motifs is 2. The fraction of sp³-hybridized carbons (Fsp3) is 0.160. The van der Waals surface area contributed by atoms with Crippen LogP contribution in [0.25, 0.3) is 0 Å². The second kappa shape index (κ2) is 8.08. The van der Waals surface area contributed by atoms with Gasteiger partial charge in [-0.15, -0.1) is 0 Å². The second-order valence-electron chi connectivity index (χ2n) is 7.98. The van der Waals surface area contributed by atoms with Crippen LogP contribution < -0.4 is 10.6 Å². The minimum Gasteiger partial charge on any atom is -0.325 e. The SMILES string of the molecule is CC1C(=O)Nc2cc(C3=NC(Cc4ccccc4Cl)C(=O)Nc4ccc(Cl)cc43)ccc21. The molecule has 7 heteroatoms. The van der Waals surface area contributed by atoms with Gasteiger partial charge in [-0.3, -0.25) is 14.6 Å². The Labute approximate surface area is 195 Å². The first-order valence-electron chi connectivity index (χ1n) is 10.3. The molecule has 2 amide bonds. The Kier molecular flexibility index (Phi) is 5.24. The van der Waals surface area contributed by atoms with Gasteiger partial charge in [0.05, 0.1) is 17.3 Å². The summed E-state index contributed by atoms with van der Waals surface area (Å²) in [6.07, 6.45) is 0.357. The van der Waals surface area contributed by atoms with E-state index in [9.17, 15) is 9.59 Å². The van der Waals surface area contributed by atoms with E-state index in [-0.39, 0.29) is 17.7 Å². The van der Waals surface area contributed by atoms with E-state index >= 15 is 0 Å². The van der Waals surface area contributed by atoms with Crippen molar-refractivity contribution in [1.82, 2.24) is 0 Å². The number of amides is 2. The Bertz CT molecular complexity index is 1300. The minimum absolute atomic E-state index is 0.0307. The lowest BCUT2D eigenvalue weighted by molar-refractivity contribution is -0.117. The van der Waals surface area contributed by atoms with Gasteiger partial charge in [-0.25, -0.2) is 0 Å². The van der Waals surface area contributed by atoms with E-state index in [2.05, 4.69) is 10.6 Å². The summed E-state index contributed by atoms with van der Waals surface area (Å²) in [6, 6.07) is 17.8. The van der Waals surface area contributed by atoms with Gasteiger partial charge >= 0.3 is 0 Å². The van der Waals surface area contributed by atoms with Crippen molar-refractivity contribution >= 4 is 52.1 Å². The van der Waals surface area contributed by atoms with Crippen molar-refractivity contribution in [2.75, 3.05) is 10.6 Å². The van der Waals surface area contributed by atoms with Crippen LogP contribution in [0, 0.1) is 0 Å². The highest BCUT2D eigenvalue weighted by Crippen LogP contribution is 2.35. The van der Waals surface area contributed by atoms with Crippen molar-refractivity contribution in [2.24, 2.45) is 4.99 Å². The summed E-state index contributed by atoms with van der Waals surface area (Å²) in [7, 11) is 0. The highest BCUT2D eigenvalue weighted by atomic mass is 35.5. The van der Waals surface area contributed by atoms with Crippen molar-refractivity contribution in [1.29, 1.82) is 0 Å². The molecular weight excluding hydrogens is 445 g/mol. The van der Waals surface area contributed by atoms with Gasteiger partial charge in [0, 0.05) is 33.3 Å². The molecule has 0 radical (unpaired) electrons. The summed E-state index contributed by atoms with van der Waals surface area (Å²) in [6.45, 7) is 1.88. The topological polar surface area (TPSA) is 70.6 Å². The zero-order valence-corrected chi connectivity index (χ0v) is 18.7. The number of carbonyl (C=O) groups excluding carboxylic acids is 2. The molecule has 0 bridgehead atoms. The molecule has 5 nitrogen and oxygen atoms in total. The van der Waals surface area contributed by atoms with E-state index in [1.807, 2.05) is 43.3 Å². The molecule has 0 saturated carbocycles. The molecule has 2 aliphatic heterocycles. The van der Waals surface area contributed by atoms with Crippen LogP contribution in [0.5, 0.6) is 0 Å². The first-order valence-corrected chi connectivity index (χ1v) is 11.0. The fourth-order valence-electron chi connectivity index (χ4n) is 4.13. The number of nitrogens with zero attached hydrogens (tertiary/aromatic N) is 1. The normalized spacial score (nSPS) is 19.4. The average Bonchev–Trinajstić information content (AvgIpc) is 2.98. The summed E-state index contributed by atoms with van der Waals surface area (Å²) in [5, 5.41) is 7.04. The van der Waals surface area contributed by atoms with Gasteiger partial charge < -0.3 is 10.6 Å². The van der Waals surface area contributed by atoms with Gasteiger partial charge in [-0.05, 0) is 48.4 Å². The average molecular weight is 464 g/mol. The van der Waals surface area contributed by atoms with Crippen LogP contribution in [0.3, 0.4) is 0 Å². The Balaban J connectivity index is 1.64. The molecule has 32 heavy (non-hydrogen) atoms. The summed E-state index contributed by atoms with van der Waals surface area (Å²) < 4.78 is 0. The molecule has 160 valence electrons. The van der Waals surface area contributed by atoms with Crippen LogP contribution in [0.4, 0.5) is 11.4 Å². The molecule has 5 rings (SSSR count). The highest BCUT2D eigenvalue weighted by molar-refractivity contribution is 6.32. The number of hydrogen-bond donors (Lipinski definition) is 2. The van der Waals surface area contributed by atoms with Gasteiger partial charge in [0.25, 0.3) is 0 Å². The second-order valence-corrected chi connectivity index (χ2v) is 8.82. The van der Waals surface area contributed by atoms with Crippen LogP contribution in [0.15, 0.2) is 65.7 Å². The molecule has 0 aliphatic carbocycles. The number of anilines is 2. The maximum atomic E-state index is 13.1. The number of aliphatic imine (C=N–C) groups is 1. The van der Waals surface area contributed by atoms with Crippen LogP contribution in [-0.4, -0.2) is 23.6 Å². The number of halogens is 2. The van der Waals surface area contributed by atoms with Crippen molar-refractivity contribution in [3.8, 4) is 0 Å². The van der Waals surface area contributed by atoms with Gasteiger partial charge in [-0.2, -0.15) is 0 Å². The van der Waals surface area contributed by atoms with E-state index in [0.29, 0.717) is 27.9 Å². The van der Waals surface area contributed by atoms with E-state index in [1.165, 1.54) is 0 Å². The fourth-order valence-corrected chi connectivity index (χ4v) is 4.52. The molecule has 2 atom stereocenters. The maximum absolute atomic E-state index is 13.1. The Hall–Kier alpha value is -3.15. The van der Waals surface area contributed by atoms with E-state index < -0.39 is 6.04 Å². The Morgan fingerprint density at radius 1 is 0.906 bits per heavy atom. The molecule has 2 N–H and O–H groups in total. The van der Waals surface area contributed by atoms with Crippen LogP contribution in [0.2, 0.25) is 10.0 Å². The summed E-state index contributed by atoms with van der Waals surface area (Å²) in [4.78, 5) is 30.1. The molecule has 2 heterocycles. The van der Waals surface area contributed by atoms with Crippen molar-refractivity contribution in [3.05, 3.63) is 93.0 Å². The molecule has 0 fully saturated rings. The molecule has 0 aromatic heterocycles. The highest BCUT2D eigenvalue weighted by Gasteiger charge is 2.30. The van der Waals surface area contributed by atoms with Gasteiger partial charge in [0.1, 0.15) is 6.04 Å². The predicted molar refractivity (Wildman–Crippen MR) is 128 cm³/mol. The molecule has 0 saturated heterocycles. The number of hydrogen-bond acceptors (Lipinski definition) is 3. The number of nitrogens with one attached hydrogen (secondary N) is 2. The van der Waals surface area contributed by atoms with E-state index in [1.54, 1.807) is 24.3 Å². The lowest BCUT2D eigenvalue weighted by atomic mass is 9.96. The third-order valence-electron chi connectivity index (χ3n) is 5.90. The summed E-state index contributed by atoms with van der Waals surface area (Å²) in [5.41, 5.74) is 5.34. The standard InChI is InChI=1S/C25H19Cl2N3O2/c1-13-17-8-6-15(11-21(17)30-24(13)31)23-18-12-16(26)7-9-20(18)29-25(32)22(28-23)10-14-4-2-3-5-19(14)27/h2-9,11-13,22H,10H2,1H3,(H,29,32)(H,30,31). The van der Waals surface area contributed by atoms with Crippen LogP contribution in [0.1, 0.15) is 35.1 Å². The molecular formula is C25H19Cl2N3O2. The van der Waals surface area contributed by atoms with Crippen molar-refractivity contribution < 1.29 is 9.59 Å². The number of rotatable bonds is 3. The third kappa shape index (κ3) is 3.68. The number of benzodiazepines with no additional fused rings is 1. The minimum atomic E-state index is -0.683. The monoisotopic (exact) mass is 463 g/mol. The lowest BCUT2D eigenvalue weighted by Gasteiger charge is -2.13. The predicted octanol–water partition coefficient (Wildman–Crippen LogP) is 5.45. The molecule has 3 aromatic carbocycles. The smallest absolute Gasteiger partial charge is 0.249 e. The first kappa shape index (κ1) is 20.7. The number of benzene rings is 3. The first-order chi connectivity index (χ1) is 15.4. The van der Waals surface area contributed by atoms with Crippen molar-refractivity contribution in [2.45, 2.75) is 25.3 Å². The Morgan fingerprint density at radius 2 is 1.69 bits per heavy atom. The van der Waals surface area contributed by atoms with Crippen molar-refractivity contribution in [3.63, 3.8) is 0 Å².